The van der Waals surface area contributed by atoms with E-state index in [1.807, 2.05) is 0 Å². The van der Waals surface area contributed by atoms with E-state index in [1.165, 1.54) is 6.92 Å². The summed E-state index contributed by atoms with van der Waals surface area (Å²) in [5.74, 6) is -2.84. The van der Waals surface area contributed by atoms with Crippen molar-refractivity contribution in [2.75, 3.05) is 4.31 Å². The molecule has 162 valence electrons. The average molecular weight is 484 g/mol. The van der Waals surface area contributed by atoms with Gasteiger partial charge in [0.05, 0.1) is 28.1 Å². The first-order chi connectivity index (χ1) is 13.8. The molecule has 3 rings (SSSR count). The van der Waals surface area contributed by atoms with E-state index in [0.717, 1.165) is 40.7 Å². The third kappa shape index (κ3) is 4.37. The molecular weight excluding hydrogens is 470 g/mol. The molecule has 0 saturated heterocycles. The molecule has 0 saturated carbocycles. The van der Waals surface area contributed by atoms with Gasteiger partial charge in [-0.2, -0.15) is 13.2 Å². The molecule has 30 heavy (non-hydrogen) atoms. The summed E-state index contributed by atoms with van der Waals surface area (Å²) in [7, 11) is -4.29. The fraction of sp³-hybridized carbons (Fsp3) is 0.278. The fourth-order valence-electron chi connectivity index (χ4n) is 3.43. The monoisotopic (exact) mass is 483 g/mol. The van der Waals surface area contributed by atoms with Crippen LogP contribution in [0.1, 0.15) is 24.8 Å². The van der Waals surface area contributed by atoms with Crippen LogP contribution in [0.2, 0.25) is 5.02 Å². The van der Waals surface area contributed by atoms with Crippen LogP contribution in [0.4, 0.5) is 23.2 Å². The van der Waals surface area contributed by atoms with Gasteiger partial charge in [-0.3, -0.25) is 9.10 Å². The summed E-state index contributed by atoms with van der Waals surface area (Å²) in [6, 6.07) is 5.36. The first kappa shape index (κ1) is 22.7. The minimum Gasteiger partial charge on any atom is -0.481 e. The number of carboxylic acids is 1. The summed E-state index contributed by atoms with van der Waals surface area (Å²) in [5.41, 5.74) is -4.30. The highest BCUT2D eigenvalue weighted by Crippen LogP contribution is 2.47. The van der Waals surface area contributed by atoms with Crippen LogP contribution >= 0.6 is 23.4 Å². The predicted octanol–water partition coefficient (Wildman–Crippen LogP) is 5.25. The Morgan fingerprint density at radius 3 is 2.37 bits per heavy atom. The molecule has 0 amide bonds. The molecule has 1 aliphatic rings. The Balaban J connectivity index is 2.05. The Morgan fingerprint density at radius 2 is 1.83 bits per heavy atom. The third-order valence-corrected chi connectivity index (χ3v) is 7.61. The van der Waals surface area contributed by atoms with E-state index >= 15 is 0 Å². The first-order valence-corrected chi connectivity index (χ1v) is 11.1. The number of sulfonamides is 1. The summed E-state index contributed by atoms with van der Waals surface area (Å²) in [6.45, 7) is 1.48. The lowest BCUT2D eigenvalue weighted by Crippen LogP contribution is -2.37. The maximum Gasteiger partial charge on any atom is 0.446 e. The van der Waals surface area contributed by atoms with Crippen molar-refractivity contribution >= 4 is 45.0 Å². The number of thioether (sulfide) groups is 1. The van der Waals surface area contributed by atoms with Crippen LogP contribution in [-0.2, 0) is 14.8 Å². The molecule has 1 heterocycles. The number of rotatable bonds is 5. The van der Waals surface area contributed by atoms with Gasteiger partial charge in [0.1, 0.15) is 5.82 Å². The second-order valence-corrected chi connectivity index (χ2v) is 9.95. The minimum atomic E-state index is -4.52. The van der Waals surface area contributed by atoms with E-state index in [1.54, 1.807) is 0 Å². The Labute approximate surface area is 178 Å². The topological polar surface area (TPSA) is 74.7 Å². The fourth-order valence-corrected chi connectivity index (χ4v) is 5.83. The Bertz CT molecular complexity index is 1090. The summed E-state index contributed by atoms with van der Waals surface area (Å²) < 4.78 is 78.9. The molecule has 12 heteroatoms. The molecule has 5 nitrogen and oxygen atoms in total. The highest BCUT2D eigenvalue weighted by molar-refractivity contribution is 8.00. The Morgan fingerprint density at radius 1 is 1.23 bits per heavy atom. The van der Waals surface area contributed by atoms with Crippen molar-refractivity contribution in [3.63, 3.8) is 0 Å². The number of aliphatic carboxylic acids is 1. The van der Waals surface area contributed by atoms with Gasteiger partial charge in [0.25, 0.3) is 10.0 Å². The van der Waals surface area contributed by atoms with Crippen LogP contribution in [0.3, 0.4) is 0 Å². The standard InChI is InChI=1S/C18H14ClF4NO4S2/c1-9-12(7-17(25)26)13-6-15(20)14(19)8-16(13)24(9)30(27,28)11-4-2-10(3-5-11)29-18(21,22)23/h2-6,8-9,12H,7H2,1H3,(H,25,26). The Kier molecular flexibility index (Phi) is 6.00. The van der Waals surface area contributed by atoms with Gasteiger partial charge in [0.15, 0.2) is 0 Å². The number of halogens is 5. The van der Waals surface area contributed by atoms with E-state index < -0.39 is 45.7 Å². The SMILES string of the molecule is CC1C(CC(=O)O)c2cc(F)c(Cl)cc2N1S(=O)(=O)c1ccc(SC(F)(F)F)cc1. The van der Waals surface area contributed by atoms with E-state index in [0.29, 0.717) is 0 Å². The molecule has 1 N–H and O–H groups in total. The van der Waals surface area contributed by atoms with Gasteiger partial charge in [-0.25, -0.2) is 12.8 Å². The summed E-state index contributed by atoms with van der Waals surface area (Å²) >= 11 is 5.43. The third-order valence-electron chi connectivity index (χ3n) is 4.67. The average Bonchev–Trinajstić information content (AvgIpc) is 2.86. The van der Waals surface area contributed by atoms with E-state index in [2.05, 4.69) is 0 Å². The van der Waals surface area contributed by atoms with Gasteiger partial charge in [0, 0.05) is 10.8 Å². The van der Waals surface area contributed by atoms with E-state index in [4.69, 9.17) is 11.6 Å². The molecule has 0 fully saturated rings. The number of carboxylic acid groups (broad SMARTS) is 1. The maximum atomic E-state index is 14.0. The van der Waals surface area contributed by atoms with Crippen molar-refractivity contribution in [1.82, 2.24) is 0 Å². The van der Waals surface area contributed by atoms with Crippen LogP contribution in [0.5, 0.6) is 0 Å². The molecule has 0 radical (unpaired) electrons. The lowest BCUT2D eigenvalue weighted by molar-refractivity contribution is -0.137. The molecule has 0 aliphatic carbocycles. The second-order valence-electron chi connectivity index (χ2n) is 6.59. The smallest absolute Gasteiger partial charge is 0.446 e. The zero-order chi connectivity index (χ0) is 22.4. The lowest BCUT2D eigenvalue weighted by atomic mass is 9.93. The molecule has 2 atom stereocenters. The van der Waals surface area contributed by atoms with Crippen LogP contribution in [0.15, 0.2) is 46.2 Å². The van der Waals surface area contributed by atoms with Crippen molar-refractivity contribution in [1.29, 1.82) is 0 Å². The van der Waals surface area contributed by atoms with Crippen molar-refractivity contribution in [2.24, 2.45) is 0 Å². The number of fused-ring (bicyclic) bond motifs is 1. The number of carbonyl (C=O) groups is 1. The molecule has 2 aromatic carbocycles. The normalized spacial score (nSPS) is 19.1. The van der Waals surface area contributed by atoms with Crippen LogP contribution in [0, 0.1) is 5.82 Å². The summed E-state index contributed by atoms with van der Waals surface area (Å²) in [4.78, 5) is 10.8. The van der Waals surface area contributed by atoms with Gasteiger partial charge in [-0.05, 0) is 60.6 Å². The van der Waals surface area contributed by atoms with E-state index in [9.17, 15) is 35.9 Å². The molecule has 0 spiro atoms. The molecular formula is C18H14ClF4NO4S2. The first-order valence-electron chi connectivity index (χ1n) is 8.42. The molecule has 1 aliphatic heterocycles. The number of nitrogens with zero attached hydrogens (tertiary/aromatic N) is 1. The van der Waals surface area contributed by atoms with Crippen LogP contribution in [0.25, 0.3) is 0 Å². The summed E-state index contributed by atoms with van der Waals surface area (Å²) in [6.07, 6.45) is -0.442. The van der Waals surface area contributed by atoms with Gasteiger partial charge < -0.3 is 5.11 Å². The molecule has 2 unspecified atom stereocenters. The predicted molar refractivity (Wildman–Crippen MR) is 104 cm³/mol. The Hall–Kier alpha value is -1.98. The van der Waals surface area contributed by atoms with Gasteiger partial charge in [-0.15, -0.1) is 0 Å². The largest absolute Gasteiger partial charge is 0.481 e. The highest BCUT2D eigenvalue weighted by atomic mass is 35.5. The molecule has 0 bridgehead atoms. The maximum absolute atomic E-state index is 14.0. The lowest BCUT2D eigenvalue weighted by Gasteiger charge is -2.26. The second kappa shape index (κ2) is 7.93. The van der Waals surface area contributed by atoms with Crippen molar-refractivity contribution in [3.05, 3.63) is 52.8 Å². The van der Waals surface area contributed by atoms with Gasteiger partial charge in [-0.1, -0.05) is 11.6 Å². The van der Waals surface area contributed by atoms with Crippen LogP contribution < -0.4 is 4.31 Å². The number of alkyl halides is 3. The molecule has 0 aromatic heterocycles. The van der Waals surface area contributed by atoms with Crippen LogP contribution in [-0.4, -0.2) is 31.0 Å². The minimum absolute atomic E-state index is 0.0360. The summed E-state index contributed by atoms with van der Waals surface area (Å²) in [5, 5.41) is 8.85. The quantitative estimate of drug-likeness (QED) is 0.464. The number of benzene rings is 2. The number of hydrogen-bond acceptors (Lipinski definition) is 4. The number of anilines is 1. The zero-order valence-electron chi connectivity index (χ0n) is 15.2. The van der Waals surface area contributed by atoms with Gasteiger partial charge >= 0.3 is 11.5 Å². The number of hydrogen-bond donors (Lipinski definition) is 1. The highest BCUT2D eigenvalue weighted by Gasteiger charge is 2.44. The van der Waals surface area contributed by atoms with E-state index in [-0.39, 0.29) is 37.8 Å². The van der Waals surface area contributed by atoms with Crippen molar-refractivity contribution in [2.45, 2.75) is 40.6 Å². The van der Waals surface area contributed by atoms with Crippen molar-refractivity contribution in [3.8, 4) is 0 Å². The van der Waals surface area contributed by atoms with Crippen molar-refractivity contribution < 1.29 is 35.9 Å². The van der Waals surface area contributed by atoms with Gasteiger partial charge in [0.2, 0.25) is 0 Å². The zero-order valence-corrected chi connectivity index (χ0v) is 17.5. The molecule has 2 aromatic rings.